The second-order valence-corrected chi connectivity index (χ2v) is 7.37. The molecule has 0 saturated heterocycles. The van der Waals surface area contributed by atoms with Gasteiger partial charge in [-0.15, -0.1) is 0 Å². The third kappa shape index (κ3) is 6.72. The van der Waals surface area contributed by atoms with Gasteiger partial charge in [-0.25, -0.2) is 0 Å². The van der Waals surface area contributed by atoms with Gasteiger partial charge in [-0.05, 0) is 26.8 Å². The molecule has 0 aliphatic rings. The Morgan fingerprint density at radius 1 is 1.00 bits per heavy atom. The summed E-state index contributed by atoms with van der Waals surface area (Å²) in [6, 6.07) is 4.67. The molecule has 0 radical (unpaired) electrons. The lowest BCUT2D eigenvalue weighted by Crippen LogP contribution is -2.32. The van der Waals surface area contributed by atoms with Gasteiger partial charge in [0.15, 0.2) is 23.0 Å². The lowest BCUT2D eigenvalue weighted by Gasteiger charge is -2.17. The number of azo groups is 1. The van der Waals surface area contributed by atoms with Crippen molar-refractivity contribution in [3.63, 3.8) is 0 Å². The van der Waals surface area contributed by atoms with Crippen LogP contribution < -0.4 is 24.3 Å². The van der Waals surface area contributed by atoms with Gasteiger partial charge in [0.05, 0.1) is 38.1 Å². The first kappa shape index (κ1) is 26.2. The van der Waals surface area contributed by atoms with Gasteiger partial charge in [0.1, 0.15) is 11.4 Å². The number of ether oxygens (including phenoxy) is 4. The first-order chi connectivity index (χ1) is 15.7. The van der Waals surface area contributed by atoms with Gasteiger partial charge in [-0.2, -0.15) is 10.2 Å². The van der Waals surface area contributed by atoms with Crippen molar-refractivity contribution in [3.8, 4) is 23.0 Å². The highest BCUT2D eigenvalue weighted by atomic mass is 35.5. The second-order valence-electron chi connectivity index (χ2n) is 6.53. The normalized spacial score (nSPS) is 11.7. The molecular weight excluding hydrogens is 473 g/mol. The van der Waals surface area contributed by atoms with E-state index in [1.807, 2.05) is 0 Å². The van der Waals surface area contributed by atoms with Crippen LogP contribution in [0.5, 0.6) is 23.0 Å². The summed E-state index contributed by atoms with van der Waals surface area (Å²) in [5, 5.41) is 11.1. The molecule has 2 aromatic rings. The Labute approximate surface area is 202 Å². The van der Waals surface area contributed by atoms with Gasteiger partial charge in [0.25, 0.3) is 5.91 Å². The number of benzene rings is 2. The summed E-state index contributed by atoms with van der Waals surface area (Å²) in [4.78, 5) is 25.2. The van der Waals surface area contributed by atoms with Gasteiger partial charge < -0.3 is 24.3 Å². The summed E-state index contributed by atoms with van der Waals surface area (Å²) in [6.07, 6.45) is 0. The Kier molecular flexibility index (Phi) is 9.74. The molecule has 0 saturated carbocycles. The third-order valence-corrected chi connectivity index (χ3v) is 4.72. The lowest BCUT2D eigenvalue weighted by atomic mass is 10.2. The summed E-state index contributed by atoms with van der Waals surface area (Å²) >= 11 is 12.3. The summed E-state index contributed by atoms with van der Waals surface area (Å²) in [7, 11) is 2.87. The first-order valence-electron chi connectivity index (χ1n) is 9.98. The zero-order valence-corrected chi connectivity index (χ0v) is 20.4. The van der Waals surface area contributed by atoms with Crippen LogP contribution >= 0.6 is 23.2 Å². The average Bonchev–Trinajstić information content (AvgIpc) is 2.75. The van der Waals surface area contributed by atoms with Crippen LogP contribution in [0.1, 0.15) is 20.8 Å². The van der Waals surface area contributed by atoms with Crippen molar-refractivity contribution >= 4 is 46.3 Å². The number of carbonyl (C=O) groups is 2. The predicted octanol–water partition coefficient (Wildman–Crippen LogP) is 5.49. The Hall–Kier alpha value is -3.04. The number of nitrogens with zero attached hydrogens (tertiary/aromatic N) is 2. The van der Waals surface area contributed by atoms with Crippen LogP contribution in [0.15, 0.2) is 34.5 Å². The van der Waals surface area contributed by atoms with Crippen molar-refractivity contribution in [3.05, 3.63) is 34.3 Å². The number of hydrogen-bond acceptors (Lipinski definition) is 8. The number of halogens is 2. The van der Waals surface area contributed by atoms with E-state index in [0.29, 0.717) is 29.7 Å². The van der Waals surface area contributed by atoms with Crippen molar-refractivity contribution in [1.82, 2.24) is 0 Å². The summed E-state index contributed by atoms with van der Waals surface area (Å²) in [5.41, 5.74) is 0.429. The molecule has 0 heterocycles. The number of methoxy groups -OCH3 is 2. The SMILES string of the molecule is CCOc1cc(Cl)cc(NC(=O)C(N=Nc2cc(OC)cc(Cl)c2OC)C(C)=O)c1OCC. The minimum Gasteiger partial charge on any atom is -0.497 e. The monoisotopic (exact) mass is 497 g/mol. The smallest absolute Gasteiger partial charge is 0.258 e. The molecule has 0 spiro atoms. The second kappa shape index (κ2) is 12.3. The predicted molar refractivity (Wildman–Crippen MR) is 126 cm³/mol. The minimum atomic E-state index is -1.45. The van der Waals surface area contributed by atoms with Gasteiger partial charge in [-0.1, -0.05) is 23.2 Å². The van der Waals surface area contributed by atoms with Crippen LogP contribution in [0.4, 0.5) is 11.4 Å². The quantitative estimate of drug-likeness (QED) is 0.324. The van der Waals surface area contributed by atoms with E-state index in [0.717, 1.165) is 0 Å². The molecule has 2 aromatic carbocycles. The lowest BCUT2D eigenvalue weighted by molar-refractivity contribution is -0.126. The molecule has 11 heteroatoms. The third-order valence-electron chi connectivity index (χ3n) is 4.22. The largest absolute Gasteiger partial charge is 0.497 e. The number of ketones is 1. The summed E-state index contributed by atoms with van der Waals surface area (Å²) in [5.74, 6) is 0.0108. The summed E-state index contributed by atoms with van der Waals surface area (Å²) in [6.45, 7) is 5.50. The maximum Gasteiger partial charge on any atom is 0.258 e. The van der Waals surface area contributed by atoms with Crippen LogP contribution in [0.3, 0.4) is 0 Å². The molecule has 0 bridgehead atoms. The van der Waals surface area contributed by atoms with Crippen LogP contribution in [-0.4, -0.2) is 45.2 Å². The molecule has 1 N–H and O–H groups in total. The van der Waals surface area contributed by atoms with E-state index >= 15 is 0 Å². The summed E-state index contributed by atoms with van der Waals surface area (Å²) < 4.78 is 21.6. The van der Waals surface area contributed by atoms with E-state index in [1.54, 1.807) is 26.0 Å². The highest BCUT2D eigenvalue weighted by molar-refractivity contribution is 6.32. The van der Waals surface area contributed by atoms with E-state index in [-0.39, 0.29) is 27.9 Å². The molecule has 1 atom stereocenters. The van der Waals surface area contributed by atoms with Gasteiger partial charge >= 0.3 is 0 Å². The van der Waals surface area contributed by atoms with E-state index < -0.39 is 17.7 Å². The van der Waals surface area contributed by atoms with Crippen molar-refractivity contribution in [2.75, 3.05) is 32.8 Å². The molecule has 0 aliphatic heterocycles. The molecule has 0 fully saturated rings. The molecule has 1 unspecified atom stereocenters. The Morgan fingerprint density at radius 3 is 2.27 bits per heavy atom. The highest BCUT2D eigenvalue weighted by Gasteiger charge is 2.26. The standard InChI is InChI=1S/C22H25Cl2N3O6/c1-6-32-18-9-13(23)8-16(21(18)33-7-2)25-22(29)19(12(3)28)27-26-17-11-14(30-4)10-15(24)20(17)31-5/h8-11,19H,6-7H2,1-5H3,(H,25,29). The van der Waals surface area contributed by atoms with Gasteiger partial charge in [-0.3, -0.25) is 9.59 Å². The Bertz CT molecular complexity index is 1050. The molecule has 0 aliphatic carbocycles. The molecule has 1 amide bonds. The minimum absolute atomic E-state index is 0.192. The van der Waals surface area contributed by atoms with Crippen LogP contribution in [0.2, 0.25) is 10.0 Å². The topological polar surface area (TPSA) is 108 Å². The number of nitrogens with one attached hydrogen (secondary N) is 1. The molecule has 2 rings (SSSR count). The molecule has 9 nitrogen and oxygen atoms in total. The van der Waals surface area contributed by atoms with Crippen molar-refractivity contribution < 1.29 is 28.5 Å². The molecule has 33 heavy (non-hydrogen) atoms. The number of hydrogen-bond donors (Lipinski definition) is 1. The van der Waals surface area contributed by atoms with Gasteiger partial charge in [0, 0.05) is 23.2 Å². The van der Waals surface area contributed by atoms with Crippen LogP contribution in [0, 0.1) is 0 Å². The van der Waals surface area contributed by atoms with E-state index in [2.05, 4.69) is 15.5 Å². The number of Topliss-reactive ketones (excluding diaryl/α,β-unsaturated/α-hetero) is 1. The van der Waals surface area contributed by atoms with E-state index in [9.17, 15) is 9.59 Å². The Balaban J connectivity index is 2.40. The maximum atomic E-state index is 12.9. The number of carbonyl (C=O) groups excluding carboxylic acids is 2. The number of anilines is 1. The number of rotatable bonds is 11. The highest BCUT2D eigenvalue weighted by Crippen LogP contribution is 2.40. The molecule has 0 aromatic heterocycles. The van der Waals surface area contributed by atoms with Crippen molar-refractivity contribution in [2.24, 2.45) is 10.2 Å². The fraction of sp³-hybridized carbons (Fsp3) is 0.364. The number of amides is 1. The fourth-order valence-electron chi connectivity index (χ4n) is 2.81. The zero-order chi connectivity index (χ0) is 24.5. The fourth-order valence-corrected chi connectivity index (χ4v) is 3.30. The van der Waals surface area contributed by atoms with E-state index in [1.165, 1.54) is 33.3 Å². The molecule has 178 valence electrons. The zero-order valence-electron chi connectivity index (χ0n) is 18.9. The van der Waals surface area contributed by atoms with Crippen molar-refractivity contribution in [2.45, 2.75) is 26.8 Å². The van der Waals surface area contributed by atoms with Crippen LogP contribution in [-0.2, 0) is 9.59 Å². The average molecular weight is 498 g/mol. The van der Waals surface area contributed by atoms with Crippen LogP contribution in [0.25, 0.3) is 0 Å². The first-order valence-corrected chi connectivity index (χ1v) is 10.7. The van der Waals surface area contributed by atoms with Gasteiger partial charge in [0.2, 0.25) is 6.04 Å². The van der Waals surface area contributed by atoms with E-state index in [4.69, 9.17) is 42.1 Å². The maximum absolute atomic E-state index is 12.9. The Morgan fingerprint density at radius 2 is 1.70 bits per heavy atom. The van der Waals surface area contributed by atoms with Crippen molar-refractivity contribution in [1.29, 1.82) is 0 Å². The molecular formula is C22H25Cl2N3O6.